The third-order valence-electron chi connectivity index (χ3n) is 16.5. The Morgan fingerprint density at radius 3 is 2.51 bits per heavy atom. The van der Waals surface area contributed by atoms with Crippen LogP contribution < -0.4 is 25.2 Å². The van der Waals surface area contributed by atoms with Crippen molar-refractivity contribution in [1.29, 1.82) is 0 Å². The predicted molar refractivity (Wildman–Crippen MR) is 274 cm³/mol. The van der Waals surface area contributed by atoms with Gasteiger partial charge in [-0.2, -0.15) is 9.97 Å². The Labute approximate surface area is 424 Å². The Hall–Kier alpha value is -6.08. The van der Waals surface area contributed by atoms with Crippen molar-refractivity contribution in [1.82, 2.24) is 40.3 Å². The van der Waals surface area contributed by atoms with Crippen LogP contribution in [0.3, 0.4) is 0 Å². The fraction of sp³-hybridized carbons (Fsp3) is 0.527. The summed E-state index contributed by atoms with van der Waals surface area (Å²) in [6.45, 7) is 11.1. The summed E-state index contributed by atoms with van der Waals surface area (Å²) in [5.74, 6) is -1.02. The summed E-state index contributed by atoms with van der Waals surface area (Å²) in [5, 5.41) is 29.6. The maximum atomic E-state index is 17.1. The number of pyridine rings is 1. The number of phenolic OH excluding ortho intramolecular Hbond substituents is 1. The topological polar surface area (TPSA) is 180 Å². The molecule has 4 atom stereocenters. The standard InChI is InChI=1S/C55H66F2N10O6/c1-4-40-44(56)9-6-33-23-39(68)25-42(47(33)40)49-48(57)50-43(26-58-49)51(66-17-5-16-55(2,72)31-66)62-54(61-50)73-30-38-24-36(29-63(38)3)59-35-14-18-64(19-15-35)27-32-12-20-65(21-13-32)37-7-8-41-34(22-37)28-67(53(41)71)45-10-11-46(69)60-52(45)70/h6-9,22-23,25-26,32,35-36,38,45,59,68,72H,4-5,10-21,24,27-31H2,1-3H3,(H,60,69,70)/t36-,38+,45?,55-/m1/s1. The predicted octanol–water partition coefficient (Wildman–Crippen LogP) is 5.93. The number of nitrogens with zero attached hydrogens (tertiary/aromatic N) is 8. The molecule has 3 amide bonds. The minimum absolute atomic E-state index is 0.00491. The SMILES string of the molecule is CCc1c(F)ccc2cc(O)cc(-c3ncc4c(N5CCC[C@@](C)(O)C5)nc(OC[C@@H]5C[C@@H](NC6CCN(CC7CCN(c8ccc9c(c8)CN(C8CCC(=O)NC8=O)C9=O)CC7)CC6)CN5C)nc4c3F)c12. The van der Waals surface area contributed by atoms with Gasteiger partial charge in [0.2, 0.25) is 11.8 Å². The summed E-state index contributed by atoms with van der Waals surface area (Å²) in [5.41, 5.74) is 2.31. The number of phenols is 1. The van der Waals surface area contributed by atoms with E-state index in [9.17, 15) is 24.6 Å². The molecule has 16 nitrogen and oxygen atoms in total. The van der Waals surface area contributed by atoms with Gasteiger partial charge in [0, 0.05) is 93.4 Å². The highest BCUT2D eigenvalue weighted by molar-refractivity contribution is 6.06. The zero-order chi connectivity index (χ0) is 50.7. The number of aryl methyl sites for hydroxylation is 1. The molecule has 5 saturated heterocycles. The molecule has 5 fully saturated rings. The molecule has 0 radical (unpaired) electrons. The summed E-state index contributed by atoms with van der Waals surface area (Å²) in [7, 11) is 2.10. The van der Waals surface area contributed by atoms with Crippen LogP contribution in [0.15, 0.2) is 48.7 Å². The third kappa shape index (κ3) is 9.90. The number of hydrogen-bond donors (Lipinski definition) is 4. The lowest BCUT2D eigenvalue weighted by Gasteiger charge is -2.39. The largest absolute Gasteiger partial charge is 0.508 e. The average Bonchev–Trinajstić information content (AvgIpc) is 3.89. The Morgan fingerprint density at radius 1 is 0.932 bits per heavy atom. The number of carbonyl (C=O) groups excluding carboxylic acids is 3. The summed E-state index contributed by atoms with van der Waals surface area (Å²) in [6, 6.07) is 12.1. The van der Waals surface area contributed by atoms with Crippen molar-refractivity contribution in [2.75, 3.05) is 75.8 Å². The van der Waals surface area contributed by atoms with Crippen LogP contribution >= 0.6 is 0 Å². The molecular formula is C55H66F2N10O6. The molecule has 0 spiro atoms. The number of carbonyl (C=O) groups is 3. The van der Waals surface area contributed by atoms with Gasteiger partial charge in [-0.3, -0.25) is 29.6 Å². The molecule has 8 heterocycles. The number of rotatable bonds is 12. The van der Waals surface area contributed by atoms with Crippen LogP contribution in [0, 0.1) is 17.6 Å². The maximum Gasteiger partial charge on any atom is 0.319 e. The van der Waals surface area contributed by atoms with E-state index < -0.39 is 29.2 Å². The first-order valence-electron chi connectivity index (χ1n) is 26.3. The number of ether oxygens (including phenoxy) is 1. The molecule has 18 heteroatoms. The molecule has 6 aliphatic rings. The van der Waals surface area contributed by atoms with Gasteiger partial charge in [0.05, 0.1) is 11.0 Å². The summed E-state index contributed by atoms with van der Waals surface area (Å²) in [6.07, 6.45) is 9.05. The molecule has 73 heavy (non-hydrogen) atoms. The number of benzene rings is 3. The number of aromatic nitrogens is 3. The molecule has 6 aliphatic heterocycles. The van der Waals surface area contributed by atoms with Crippen LogP contribution in [0.4, 0.5) is 20.3 Å². The number of fused-ring (bicyclic) bond motifs is 3. The van der Waals surface area contributed by atoms with E-state index in [4.69, 9.17) is 9.72 Å². The Balaban J connectivity index is 0.696. The first-order valence-corrected chi connectivity index (χ1v) is 26.3. The first-order chi connectivity index (χ1) is 35.2. The van der Waals surface area contributed by atoms with E-state index in [1.807, 2.05) is 24.0 Å². The third-order valence-corrected chi connectivity index (χ3v) is 16.5. The summed E-state index contributed by atoms with van der Waals surface area (Å²) >= 11 is 0. The molecule has 5 aromatic rings. The first kappa shape index (κ1) is 49.1. The van der Waals surface area contributed by atoms with Crippen molar-refractivity contribution in [3.8, 4) is 23.0 Å². The van der Waals surface area contributed by atoms with E-state index in [2.05, 4.69) is 48.4 Å². The smallest absolute Gasteiger partial charge is 0.319 e. The monoisotopic (exact) mass is 1000 g/mol. The van der Waals surface area contributed by atoms with Crippen LogP contribution in [-0.2, 0) is 22.6 Å². The quantitative estimate of drug-likeness (QED) is 0.108. The highest BCUT2D eigenvalue weighted by atomic mass is 19.1. The van der Waals surface area contributed by atoms with Crippen molar-refractivity contribution >= 4 is 50.9 Å². The van der Waals surface area contributed by atoms with E-state index in [0.29, 0.717) is 90.4 Å². The number of nitrogens with one attached hydrogen (secondary N) is 2. The Bertz CT molecular complexity index is 2960. The highest BCUT2D eigenvalue weighted by Crippen LogP contribution is 2.40. The second-order valence-corrected chi connectivity index (χ2v) is 21.8. The maximum absolute atomic E-state index is 17.1. The lowest BCUT2D eigenvalue weighted by Crippen LogP contribution is -2.52. The van der Waals surface area contributed by atoms with Crippen LogP contribution in [0.5, 0.6) is 11.8 Å². The summed E-state index contributed by atoms with van der Waals surface area (Å²) in [4.78, 5) is 62.4. The number of imide groups is 1. The molecule has 386 valence electrons. The van der Waals surface area contributed by atoms with E-state index in [1.165, 1.54) is 24.4 Å². The zero-order valence-corrected chi connectivity index (χ0v) is 42.0. The lowest BCUT2D eigenvalue weighted by molar-refractivity contribution is -0.136. The molecule has 11 rings (SSSR count). The number of aliphatic hydroxyl groups is 1. The van der Waals surface area contributed by atoms with Crippen molar-refractivity contribution in [3.05, 3.63) is 77.0 Å². The number of aromatic hydroxyl groups is 1. The number of piperidine rings is 4. The van der Waals surface area contributed by atoms with Crippen LogP contribution in [0.25, 0.3) is 32.9 Å². The zero-order valence-electron chi connectivity index (χ0n) is 42.0. The number of likely N-dealkylation sites (N-methyl/N-ethyl adjacent to an activating group) is 1. The van der Waals surface area contributed by atoms with E-state index >= 15 is 8.78 Å². The van der Waals surface area contributed by atoms with Gasteiger partial charge in [0.1, 0.15) is 41.2 Å². The molecule has 1 unspecified atom stereocenters. The molecular weight excluding hydrogens is 935 g/mol. The Kier molecular flexibility index (Phi) is 13.5. The van der Waals surface area contributed by atoms with E-state index in [0.717, 1.165) is 82.6 Å². The van der Waals surface area contributed by atoms with Crippen molar-refractivity contribution in [2.24, 2.45) is 5.92 Å². The van der Waals surface area contributed by atoms with Crippen molar-refractivity contribution in [2.45, 2.75) is 114 Å². The summed E-state index contributed by atoms with van der Waals surface area (Å²) < 4.78 is 38.7. The number of halogens is 2. The van der Waals surface area contributed by atoms with Gasteiger partial charge < -0.3 is 39.9 Å². The second kappa shape index (κ2) is 20.0. The highest BCUT2D eigenvalue weighted by Gasteiger charge is 2.40. The molecule has 3 aromatic carbocycles. The molecule has 0 saturated carbocycles. The van der Waals surface area contributed by atoms with Gasteiger partial charge in [0.15, 0.2) is 5.82 Å². The minimum atomic E-state index is -0.974. The van der Waals surface area contributed by atoms with Gasteiger partial charge in [-0.05, 0) is 149 Å². The number of likely N-dealkylation sites (tertiary alicyclic amines) is 2. The number of hydrogen-bond acceptors (Lipinski definition) is 14. The second-order valence-electron chi connectivity index (χ2n) is 21.8. The lowest BCUT2D eigenvalue weighted by atomic mass is 9.94. The average molecular weight is 1000 g/mol. The van der Waals surface area contributed by atoms with E-state index in [1.54, 1.807) is 17.9 Å². The fourth-order valence-corrected chi connectivity index (χ4v) is 12.6. The number of amides is 3. The normalized spacial score (nSPS) is 24.8. The number of anilines is 2. The van der Waals surface area contributed by atoms with Gasteiger partial charge >= 0.3 is 6.01 Å². The van der Waals surface area contributed by atoms with Gasteiger partial charge in [-0.1, -0.05) is 13.0 Å². The Morgan fingerprint density at radius 2 is 1.74 bits per heavy atom. The van der Waals surface area contributed by atoms with Gasteiger partial charge in [0.25, 0.3) is 5.91 Å². The van der Waals surface area contributed by atoms with Crippen molar-refractivity contribution in [3.63, 3.8) is 0 Å². The van der Waals surface area contributed by atoms with Crippen LogP contribution in [0.2, 0.25) is 0 Å². The van der Waals surface area contributed by atoms with E-state index in [-0.39, 0.29) is 65.4 Å². The molecule has 4 N–H and O–H groups in total. The molecule has 0 bridgehead atoms. The molecule has 2 aromatic heterocycles. The van der Waals surface area contributed by atoms with Gasteiger partial charge in [-0.25, -0.2) is 8.78 Å². The molecule has 0 aliphatic carbocycles. The minimum Gasteiger partial charge on any atom is -0.508 e. The number of β-amino-alcohol motifs (C(OH)–C–C–N with tert-alkyl or cyclic N) is 1. The van der Waals surface area contributed by atoms with Crippen molar-refractivity contribution < 1.29 is 38.1 Å². The van der Waals surface area contributed by atoms with Crippen LogP contribution in [-0.4, -0.2) is 153 Å². The van der Waals surface area contributed by atoms with Crippen LogP contribution in [0.1, 0.15) is 93.1 Å². The van der Waals surface area contributed by atoms with Gasteiger partial charge in [-0.15, -0.1) is 0 Å². The fourth-order valence-electron chi connectivity index (χ4n) is 12.6.